The molecule has 2 radical (unpaired) electrons. The lowest BCUT2D eigenvalue weighted by Gasteiger charge is -2.27. The first-order chi connectivity index (χ1) is 4.68. The van der Waals surface area contributed by atoms with Gasteiger partial charge in [0.05, 0.1) is 0 Å². The van der Waals surface area contributed by atoms with E-state index in [2.05, 4.69) is 37.1 Å². The minimum absolute atomic E-state index is 0.552. The normalized spacial score (nSPS) is 11.9. The fraction of sp³-hybridized carbons (Fsp3) is 1.00. The molecule has 10 heavy (non-hydrogen) atoms. The minimum atomic E-state index is 0.552. The van der Waals surface area contributed by atoms with Crippen LogP contribution in [0.3, 0.4) is 0 Å². The summed E-state index contributed by atoms with van der Waals surface area (Å²) in [5.41, 5.74) is 0. The van der Waals surface area contributed by atoms with Gasteiger partial charge in [-0.05, 0) is 0 Å². The lowest BCUT2D eigenvalue weighted by Crippen LogP contribution is -2.09. The van der Waals surface area contributed by atoms with E-state index in [1.807, 2.05) is 0 Å². The first kappa shape index (κ1) is 10.5. The Labute approximate surface area is 73.8 Å². The fourth-order valence-corrected chi connectivity index (χ4v) is 1.34. The van der Waals surface area contributed by atoms with Gasteiger partial charge in [0.25, 0.3) is 0 Å². The standard InChI is InChI=1S/C9H19.Al/c1-4-7-8-9(5-2)6-3;/h4-8H2,1-3H3;. The first-order valence-electron chi connectivity index (χ1n) is 4.47. The SMILES string of the molecule is CCCC[C]([Al])(CC)CC. The van der Waals surface area contributed by atoms with E-state index in [4.69, 9.17) is 0 Å². The van der Waals surface area contributed by atoms with Gasteiger partial charge in [-0.2, -0.15) is 0 Å². The number of hydrogen-bond donors (Lipinski definition) is 0. The predicted octanol–water partition coefficient (Wildman–Crippen LogP) is 3.32. The molecule has 0 aromatic carbocycles. The molecule has 1 heteroatoms. The minimum Gasteiger partial charge on any atom is -0.0972 e. The predicted molar refractivity (Wildman–Crippen MR) is 48.6 cm³/mol. The Balaban J connectivity index is 3.58. The lowest BCUT2D eigenvalue weighted by molar-refractivity contribution is 0.462. The van der Waals surface area contributed by atoms with Crippen molar-refractivity contribution in [2.45, 2.75) is 57.2 Å². The van der Waals surface area contributed by atoms with Crippen molar-refractivity contribution in [2.75, 3.05) is 0 Å². The van der Waals surface area contributed by atoms with Gasteiger partial charge in [-0.3, -0.25) is 0 Å². The van der Waals surface area contributed by atoms with Crippen LogP contribution in [-0.2, 0) is 0 Å². The summed E-state index contributed by atoms with van der Waals surface area (Å²) in [7, 11) is 0. The van der Waals surface area contributed by atoms with Gasteiger partial charge < -0.3 is 0 Å². The summed E-state index contributed by atoms with van der Waals surface area (Å²) in [5, 5.41) is 0. The molecule has 0 N–H and O–H groups in total. The van der Waals surface area contributed by atoms with Crippen LogP contribution in [0.1, 0.15) is 52.9 Å². The molecule has 0 spiro atoms. The number of hydrogen-bond acceptors (Lipinski definition) is 0. The summed E-state index contributed by atoms with van der Waals surface area (Å²) < 4.78 is 0.552. The van der Waals surface area contributed by atoms with Crippen LogP contribution in [0.15, 0.2) is 0 Å². The van der Waals surface area contributed by atoms with Crippen LogP contribution in [0.25, 0.3) is 0 Å². The molecule has 0 atom stereocenters. The molecule has 0 unspecified atom stereocenters. The Kier molecular flexibility index (Phi) is 5.50. The summed E-state index contributed by atoms with van der Waals surface area (Å²) >= 11 is 3.02. The third-order valence-electron chi connectivity index (χ3n) is 2.44. The second kappa shape index (κ2) is 5.22. The van der Waals surface area contributed by atoms with Crippen molar-refractivity contribution in [3.8, 4) is 0 Å². The number of unbranched alkanes of at least 4 members (excludes halogenated alkanes) is 1. The van der Waals surface area contributed by atoms with E-state index in [0.29, 0.717) is 4.28 Å². The van der Waals surface area contributed by atoms with Gasteiger partial charge in [-0.1, -0.05) is 57.2 Å². The molecule has 0 aromatic heterocycles. The van der Waals surface area contributed by atoms with Gasteiger partial charge >= 0.3 is 0 Å². The third-order valence-corrected chi connectivity index (χ3v) is 3.54. The van der Waals surface area contributed by atoms with Crippen LogP contribution in [0.2, 0.25) is 4.28 Å². The average molecular weight is 154 g/mol. The second-order valence-corrected chi connectivity index (χ2v) is 4.40. The zero-order valence-corrected chi connectivity index (χ0v) is 8.77. The van der Waals surface area contributed by atoms with Gasteiger partial charge in [0.1, 0.15) is 16.3 Å². The van der Waals surface area contributed by atoms with E-state index in [0.717, 1.165) is 0 Å². The molecule has 0 bridgehead atoms. The van der Waals surface area contributed by atoms with Crippen LogP contribution in [0.5, 0.6) is 0 Å². The Morgan fingerprint density at radius 1 is 1.10 bits per heavy atom. The first-order valence-corrected chi connectivity index (χ1v) is 5.05. The van der Waals surface area contributed by atoms with Crippen LogP contribution in [-0.4, -0.2) is 16.3 Å². The van der Waals surface area contributed by atoms with Crippen LogP contribution >= 0.6 is 0 Å². The van der Waals surface area contributed by atoms with Gasteiger partial charge in [0.15, 0.2) is 0 Å². The van der Waals surface area contributed by atoms with Crippen LogP contribution < -0.4 is 0 Å². The van der Waals surface area contributed by atoms with Crippen LogP contribution in [0, 0.1) is 0 Å². The van der Waals surface area contributed by atoms with Gasteiger partial charge in [-0.15, -0.1) is 0 Å². The zero-order chi connectivity index (χ0) is 8.04. The third kappa shape index (κ3) is 3.64. The topological polar surface area (TPSA) is 0 Å². The monoisotopic (exact) mass is 154 g/mol. The largest absolute Gasteiger partial charge is 0.129 e. The quantitative estimate of drug-likeness (QED) is 0.533. The highest BCUT2D eigenvalue weighted by Gasteiger charge is 2.16. The molecule has 0 aliphatic rings. The maximum Gasteiger partial charge on any atom is 0.129 e. The van der Waals surface area contributed by atoms with Gasteiger partial charge in [0, 0.05) is 0 Å². The van der Waals surface area contributed by atoms with Crippen molar-refractivity contribution in [3.05, 3.63) is 0 Å². The van der Waals surface area contributed by atoms with Crippen molar-refractivity contribution >= 4 is 16.3 Å². The smallest absolute Gasteiger partial charge is 0.0972 e. The van der Waals surface area contributed by atoms with Crippen molar-refractivity contribution in [1.82, 2.24) is 0 Å². The summed E-state index contributed by atoms with van der Waals surface area (Å²) in [4.78, 5) is 0. The summed E-state index contributed by atoms with van der Waals surface area (Å²) in [5.74, 6) is 0. The maximum absolute atomic E-state index is 3.02. The second-order valence-electron chi connectivity index (χ2n) is 3.17. The molecule has 0 nitrogen and oxygen atoms in total. The highest BCUT2D eigenvalue weighted by atomic mass is 27.0. The molecule has 0 aromatic rings. The molecule has 0 aliphatic carbocycles. The van der Waals surface area contributed by atoms with E-state index in [1.165, 1.54) is 32.1 Å². The summed E-state index contributed by atoms with van der Waals surface area (Å²) in [6.07, 6.45) is 6.69. The van der Waals surface area contributed by atoms with Gasteiger partial charge in [0.2, 0.25) is 0 Å². The summed E-state index contributed by atoms with van der Waals surface area (Å²) in [6.45, 7) is 6.83. The molecule has 0 aliphatic heterocycles. The van der Waals surface area contributed by atoms with Crippen molar-refractivity contribution < 1.29 is 0 Å². The van der Waals surface area contributed by atoms with E-state index in [9.17, 15) is 0 Å². The van der Waals surface area contributed by atoms with E-state index in [1.54, 1.807) is 0 Å². The van der Waals surface area contributed by atoms with Crippen LogP contribution in [0.4, 0.5) is 0 Å². The number of rotatable bonds is 5. The van der Waals surface area contributed by atoms with Gasteiger partial charge in [-0.25, -0.2) is 0 Å². The molecule has 0 heterocycles. The average Bonchev–Trinajstić information content (AvgIpc) is 2.00. The Bertz CT molecular complexity index is 74.8. The molecular weight excluding hydrogens is 135 g/mol. The van der Waals surface area contributed by atoms with Crippen molar-refractivity contribution in [1.29, 1.82) is 0 Å². The summed E-state index contributed by atoms with van der Waals surface area (Å²) in [6, 6.07) is 0. The molecule has 0 saturated heterocycles. The molecule has 0 fully saturated rings. The van der Waals surface area contributed by atoms with Crippen molar-refractivity contribution in [2.24, 2.45) is 0 Å². The molecule has 58 valence electrons. The Hall–Kier alpha value is 0.532. The lowest BCUT2D eigenvalue weighted by atomic mass is 9.95. The van der Waals surface area contributed by atoms with E-state index in [-0.39, 0.29) is 0 Å². The Morgan fingerprint density at radius 2 is 1.60 bits per heavy atom. The maximum atomic E-state index is 3.02. The highest BCUT2D eigenvalue weighted by molar-refractivity contribution is 6.15. The Morgan fingerprint density at radius 3 is 1.90 bits per heavy atom. The highest BCUT2D eigenvalue weighted by Crippen LogP contribution is 2.35. The molecule has 0 amide bonds. The molecule has 0 rings (SSSR count). The molecular formula is C9H19Al. The molecule has 0 saturated carbocycles. The zero-order valence-electron chi connectivity index (χ0n) is 7.61. The van der Waals surface area contributed by atoms with E-state index >= 15 is 0 Å². The van der Waals surface area contributed by atoms with E-state index < -0.39 is 0 Å². The van der Waals surface area contributed by atoms with Crippen molar-refractivity contribution in [3.63, 3.8) is 0 Å². The fourth-order valence-electron chi connectivity index (χ4n) is 1.13.